The molecule has 0 radical (unpaired) electrons. The average Bonchev–Trinajstić information content (AvgIpc) is 3.33. The highest BCUT2D eigenvalue weighted by molar-refractivity contribution is 7.12. The molecule has 2 aromatic heterocycles. The number of hydrogen-bond acceptors (Lipinski definition) is 6. The predicted octanol–water partition coefficient (Wildman–Crippen LogP) is 3.17. The number of hydrogen-bond donors (Lipinski definition) is 1. The van der Waals surface area contributed by atoms with Crippen LogP contribution in [-0.2, 0) is 12.1 Å². The maximum atomic E-state index is 12.5. The number of carbonyl (C=O) groups is 1. The summed E-state index contributed by atoms with van der Waals surface area (Å²) in [4.78, 5) is 20.1. The lowest BCUT2D eigenvalue weighted by Crippen LogP contribution is -2.44. The van der Waals surface area contributed by atoms with Gasteiger partial charge in [0.15, 0.2) is 5.82 Å². The van der Waals surface area contributed by atoms with E-state index in [4.69, 9.17) is 4.52 Å². The van der Waals surface area contributed by atoms with Gasteiger partial charge in [-0.2, -0.15) is 4.98 Å². The first-order chi connectivity index (χ1) is 11.7. The molecule has 1 amide bonds. The second-order valence-corrected chi connectivity index (χ2v) is 7.14. The summed E-state index contributed by atoms with van der Waals surface area (Å²) in [6.07, 6.45) is 3.83. The highest BCUT2D eigenvalue weighted by Gasteiger charge is 2.41. The predicted molar refractivity (Wildman–Crippen MR) is 92.9 cm³/mol. The standard InChI is InChI=1S/C17H24N4O2S/c1-3-21(4-2)12-14-18-16(20-23-14)17(9-5-6-10-17)19-15(22)13-8-7-11-24-13/h7-8,11H,3-6,9-10,12H2,1-2H3,(H,19,22). The molecule has 130 valence electrons. The normalized spacial score (nSPS) is 16.6. The van der Waals surface area contributed by atoms with Crippen molar-refractivity contribution in [3.8, 4) is 0 Å². The molecule has 0 aromatic carbocycles. The highest BCUT2D eigenvalue weighted by Crippen LogP contribution is 2.37. The molecule has 0 atom stereocenters. The summed E-state index contributed by atoms with van der Waals surface area (Å²) in [6, 6.07) is 3.72. The molecule has 3 rings (SSSR count). The largest absolute Gasteiger partial charge is 0.338 e. The third-order valence-corrected chi connectivity index (χ3v) is 5.57. The molecule has 1 fully saturated rings. The Morgan fingerprint density at radius 2 is 2.12 bits per heavy atom. The van der Waals surface area contributed by atoms with Crippen LogP contribution >= 0.6 is 11.3 Å². The molecule has 6 nitrogen and oxygen atoms in total. The molecule has 24 heavy (non-hydrogen) atoms. The zero-order chi connectivity index (χ0) is 17.0. The van der Waals surface area contributed by atoms with E-state index < -0.39 is 5.54 Å². The van der Waals surface area contributed by atoms with Crippen LogP contribution in [0.15, 0.2) is 22.0 Å². The van der Waals surface area contributed by atoms with E-state index in [2.05, 4.69) is 34.2 Å². The van der Waals surface area contributed by atoms with Crippen molar-refractivity contribution in [1.82, 2.24) is 20.4 Å². The van der Waals surface area contributed by atoms with E-state index in [9.17, 15) is 4.79 Å². The summed E-state index contributed by atoms with van der Waals surface area (Å²) in [5.74, 6) is 1.18. The van der Waals surface area contributed by atoms with Gasteiger partial charge in [0.2, 0.25) is 5.89 Å². The Hall–Kier alpha value is -1.73. The van der Waals surface area contributed by atoms with Crippen molar-refractivity contribution >= 4 is 17.2 Å². The lowest BCUT2D eigenvalue weighted by molar-refractivity contribution is 0.0896. The Labute approximate surface area is 146 Å². The Morgan fingerprint density at radius 3 is 2.75 bits per heavy atom. The molecule has 0 unspecified atom stereocenters. The Balaban J connectivity index is 1.78. The molecule has 7 heteroatoms. The first-order valence-electron chi connectivity index (χ1n) is 8.58. The monoisotopic (exact) mass is 348 g/mol. The van der Waals surface area contributed by atoms with Crippen molar-refractivity contribution in [3.63, 3.8) is 0 Å². The van der Waals surface area contributed by atoms with Gasteiger partial charge >= 0.3 is 0 Å². The first kappa shape index (κ1) is 17.1. The number of nitrogens with one attached hydrogen (secondary N) is 1. The summed E-state index contributed by atoms with van der Waals surface area (Å²) in [5.41, 5.74) is -0.494. The molecule has 1 aliphatic rings. The fourth-order valence-electron chi connectivity index (χ4n) is 3.22. The average molecular weight is 348 g/mol. The van der Waals surface area contributed by atoms with Crippen molar-refractivity contribution in [1.29, 1.82) is 0 Å². The van der Waals surface area contributed by atoms with Gasteiger partial charge in [-0.3, -0.25) is 9.69 Å². The van der Waals surface area contributed by atoms with Gasteiger partial charge in [-0.1, -0.05) is 37.9 Å². The maximum Gasteiger partial charge on any atom is 0.262 e. The van der Waals surface area contributed by atoms with E-state index in [1.54, 1.807) is 0 Å². The minimum atomic E-state index is -0.494. The first-order valence-corrected chi connectivity index (χ1v) is 9.46. The third-order valence-electron chi connectivity index (χ3n) is 4.70. The fourth-order valence-corrected chi connectivity index (χ4v) is 3.84. The van der Waals surface area contributed by atoms with Gasteiger partial charge < -0.3 is 9.84 Å². The number of rotatable bonds is 7. The van der Waals surface area contributed by atoms with Crippen LogP contribution < -0.4 is 5.32 Å². The summed E-state index contributed by atoms with van der Waals surface area (Å²) in [5, 5.41) is 9.29. The molecular weight excluding hydrogens is 324 g/mol. The molecule has 0 aliphatic heterocycles. The van der Waals surface area contributed by atoms with Crippen molar-refractivity contribution in [3.05, 3.63) is 34.1 Å². The third kappa shape index (κ3) is 3.52. The van der Waals surface area contributed by atoms with Crippen molar-refractivity contribution in [2.45, 2.75) is 51.6 Å². The Kier molecular flexibility index (Phi) is 5.30. The second-order valence-electron chi connectivity index (χ2n) is 6.19. The number of aromatic nitrogens is 2. The quantitative estimate of drug-likeness (QED) is 0.832. The molecule has 2 heterocycles. The second kappa shape index (κ2) is 7.44. The zero-order valence-corrected chi connectivity index (χ0v) is 15.1. The number of carbonyl (C=O) groups excluding carboxylic acids is 1. The van der Waals surface area contributed by atoms with Gasteiger partial charge in [0, 0.05) is 0 Å². The van der Waals surface area contributed by atoms with Crippen LogP contribution in [0, 0.1) is 0 Å². The van der Waals surface area contributed by atoms with Crippen molar-refractivity contribution < 1.29 is 9.32 Å². The van der Waals surface area contributed by atoms with Gasteiger partial charge in [-0.15, -0.1) is 11.3 Å². The molecule has 1 aliphatic carbocycles. The molecular formula is C17H24N4O2S. The van der Waals surface area contributed by atoms with Gasteiger partial charge in [0.25, 0.3) is 5.91 Å². The van der Waals surface area contributed by atoms with E-state index in [0.29, 0.717) is 23.1 Å². The highest BCUT2D eigenvalue weighted by atomic mass is 32.1. The topological polar surface area (TPSA) is 71.3 Å². The number of nitrogens with zero attached hydrogens (tertiary/aromatic N) is 3. The van der Waals surface area contributed by atoms with Gasteiger partial charge in [0.05, 0.1) is 11.4 Å². The molecule has 0 bridgehead atoms. The van der Waals surface area contributed by atoms with Crippen LogP contribution in [0.1, 0.15) is 60.9 Å². The number of amides is 1. The minimum absolute atomic E-state index is 0.0537. The van der Waals surface area contributed by atoms with Crippen molar-refractivity contribution in [2.75, 3.05) is 13.1 Å². The minimum Gasteiger partial charge on any atom is -0.338 e. The summed E-state index contributed by atoms with van der Waals surface area (Å²) in [6.45, 7) is 6.75. The van der Waals surface area contributed by atoms with E-state index in [-0.39, 0.29) is 5.91 Å². The van der Waals surface area contributed by atoms with Crippen molar-refractivity contribution in [2.24, 2.45) is 0 Å². The summed E-state index contributed by atoms with van der Waals surface area (Å²) in [7, 11) is 0. The molecule has 0 saturated heterocycles. The van der Waals surface area contributed by atoms with Crippen LogP contribution in [-0.4, -0.2) is 34.0 Å². The van der Waals surface area contributed by atoms with E-state index in [0.717, 1.165) is 38.8 Å². The van der Waals surface area contributed by atoms with Crippen LogP contribution in [0.25, 0.3) is 0 Å². The van der Waals surface area contributed by atoms with E-state index in [1.807, 2.05) is 17.5 Å². The molecule has 0 spiro atoms. The fraction of sp³-hybridized carbons (Fsp3) is 0.588. The van der Waals surface area contributed by atoms with Gasteiger partial charge in [-0.25, -0.2) is 0 Å². The molecule has 1 N–H and O–H groups in total. The SMILES string of the molecule is CCN(CC)Cc1nc(C2(NC(=O)c3cccs3)CCCC2)no1. The lowest BCUT2D eigenvalue weighted by atomic mass is 9.96. The molecule has 2 aromatic rings. The van der Waals surface area contributed by atoms with E-state index in [1.165, 1.54) is 11.3 Å². The maximum absolute atomic E-state index is 12.5. The van der Waals surface area contributed by atoms with Crippen LogP contribution in [0.4, 0.5) is 0 Å². The van der Waals surface area contributed by atoms with Crippen LogP contribution in [0.2, 0.25) is 0 Å². The summed E-state index contributed by atoms with van der Waals surface area (Å²) >= 11 is 1.44. The Morgan fingerprint density at radius 1 is 1.38 bits per heavy atom. The van der Waals surface area contributed by atoms with E-state index >= 15 is 0 Å². The lowest BCUT2D eigenvalue weighted by Gasteiger charge is -2.26. The van der Waals surface area contributed by atoms with Gasteiger partial charge in [0.1, 0.15) is 5.54 Å². The van der Waals surface area contributed by atoms with Crippen LogP contribution in [0.5, 0.6) is 0 Å². The molecule has 1 saturated carbocycles. The van der Waals surface area contributed by atoms with Crippen LogP contribution in [0.3, 0.4) is 0 Å². The zero-order valence-electron chi connectivity index (χ0n) is 14.2. The van der Waals surface area contributed by atoms with Gasteiger partial charge in [-0.05, 0) is 37.4 Å². The Bertz CT molecular complexity index is 658. The smallest absolute Gasteiger partial charge is 0.262 e. The summed E-state index contributed by atoms with van der Waals surface area (Å²) < 4.78 is 5.46. The number of thiophene rings is 1.